The Morgan fingerprint density at radius 3 is 2.50 bits per heavy atom. The van der Waals surface area contributed by atoms with Gasteiger partial charge in [0.25, 0.3) is 5.69 Å². The topological polar surface area (TPSA) is 129 Å². The zero-order valence-electron chi connectivity index (χ0n) is 13.5. The van der Waals surface area contributed by atoms with E-state index in [9.17, 15) is 20.3 Å². The molecule has 0 radical (unpaired) electrons. The van der Waals surface area contributed by atoms with Crippen molar-refractivity contribution < 1.29 is 20.2 Å². The van der Waals surface area contributed by atoms with E-state index >= 15 is 0 Å². The summed E-state index contributed by atoms with van der Waals surface area (Å²) in [6, 6.07) is 12.8. The zero-order chi connectivity index (χ0) is 18.7. The van der Waals surface area contributed by atoms with Crippen molar-refractivity contribution >= 4 is 27.8 Å². The lowest BCUT2D eigenvalue weighted by Crippen LogP contribution is -1.98. The number of phenolic OH excluding ortho intramolecular Hbond substituents is 2. The van der Waals surface area contributed by atoms with Gasteiger partial charge in [-0.1, -0.05) is 30.3 Å². The molecule has 0 atom stereocenters. The lowest BCUT2D eigenvalue weighted by Gasteiger charge is -2.06. The molecule has 3 N–H and O–H groups in total. The molecule has 3 aromatic rings. The second kappa shape index (κ2) is 7.16. The van der Waals surface area contributed by atoms with E-state index in [4.69, 9.17) is 5.11 Å². The maximum atomic E-state index is 11.1. The number of aliphatic hydroxyl groups excluding tert-OH is 1. The van der Waals surface area contributed by atoms with Crippen molar-refractivity contribution in [1.82, 2.24) is 0 Å². The fraction of sp³-hybridized carbons (Fsp3) is 0.111. The Bertz CT molecular complexity index is 1020. The van der Waals surface area contributed by atoms with E-state index in [1.807, 2.05) is 12.1 Å². The van der Waals surface area contributed by atoms with E-state index in [1.54, 1.807) is 18.2 Å². The average molecular weight is 353 g/mol. The normalized spacial score (nSPS) is 11.3. The molecule has 26 heavy (non-hydrogen) atoms. The van der Waals surface area contributed by atoms with Crippen molar-refractivity contribution in [2.24, 2.45) is 10.2 Å². The molecule has 0 heterocycles. The number of hydrogen-bond acceptors (Lipinski definition) is 7. The Morgan fingerprint density at radius 1 is 1.00 bits per heavy atom. The quantitative estimate of drug-likeness (QED) is 0.361. The molecule has 0 aliphatic carbocycles. The minimum atomic E-state index is -0.637. The standard InChI is InChI=1S/C18H15N3O5/c22-8-7-12-9-14(17(24)10-15(12)21(25)26)19-20-18-13-4-2-1-3-11(13)5-6-16(18)23/h1-6,9-10,22-24H,7-8H2/b20-19+. The molecule has 0 bridgehead atoms. The van der Waals surface area contributed by atoms with Crippen LogP contribution in [0.5, 0.6) is 11.5 Å². The Kier molecular flexibility index (Phi) is 4.76. The summed E-state index contributed by atoms with van der Waals surface area (Å²) in [5.74, 6) is -0.494. The number of fused-ring (bicyclic) bond motifs is 1. The maximum absolute atomic E-state index is 11.1. The third-order valence-electron chi connectivity index (χ3n) is 3.89. The molecule has 0 spiro atoms. The fourth-order valence-corrected chi connectivity index (χ4v) is 2.63. The number of nitro benzene ring substituents is 1. The lowest BCUT2D eigenvalue weighted by molar-refractivity contribution is -0.385. The van der Waals surface area contributed by atoms with Gasteiger partial charge in [-0.25, -0.2) is 0 Å². The van der Waals surface area contributed by atoms with Gasteiger partial charge in [-0.2, -0.15) is 0 Å². The molecular formula is C18H15N3O5. The van der Waals surface area contributed by atoms with Gasteiger partial charge in [0.2, 0.25) is 0 Å². The number of phenols is 2. The Balaban J connectivity index is 2.08. The highest BCUT2D eigenvalue weighted by Crippen LogP contribution is 2.39. The summed E-state index contributed by atoms with van der Waals surface area (Å²) < 4.78 is 0. The van der Waals surface area contributed by atoms with Crippen molar-refractivity contribution in [3.63, 3.8) is 0 Å². The lowest BCUT2D eigenvalue weighted by atomic mass is 10.1. The SMILES string of the molecule is O=[N+]([O-])c1cc(O)c(/N=N/c2c(O)ccc3ccccc23)cc1CCO. The number of aliphatic hydroxyl groups is 1. The molecular weight excluding hydrogens is 338 g/mol. The number of hydrogen-bond donors (Lipinski definition) is 3. The molecule has 8 heteroatoms. The van der Waals surface area contributed by atoms with Crippen LogP contribution in [0.25, 0.3) is 10.8 Å². The zero-order valence-corrected chi connectivity index (χ0v) is 13.5. The predicted molar refractivity (Wildman–Crippen MR) is 95.3 cm³/mol. The van der Waals surface area contributed by atoms with Crippen LogP contribution in [0.3, 0.4) is 0 Å². The van der Waals surface area contributed by atoms with Crippen molar-refractivity contribution in [3.8, 4) is 11.5 Å². The molecule has 132 valence electrons. The summed E-state index contributed by atoms with van der Waals surface area (Å²) in [7, 11) is 0. The Hall–Kier alpha value is -3.52. The summed E-state index contributed by atoms with van der Waals surface area (Å²) in [5, 5.41) is 49.7. The van der Waals surface area contributed by atoms with Gasteiger partial charge in [0.05, 0.1) is 11.0 Å². The van der Waals surface area contributed by atoms with Gasteiger partial charge >= 0.3 is 0 Å². The number of aromatic hydroxyl groups is 2. The van der Waals surface area contributed by atoms with Crippen LogP contribution in [-0.4, -0.2) is 26.8 Å². The van der Waals surface area contributed by atoms with Crippen molar-refractivity contribution in [1.29, 1.82) is 0 Å². The summed E-state index contributed by atoms with van der Waals surface area (Å²) in [6.45, 7) is -0.285. The highest BCUT2D eigenvalue weighted by Gasteiger charge is 2.18. The first kappa shape index (κ1) is 17.3. The number of azo groups is 1. The van der Waals surface area contributed by atoms with Crippen LogP contribution < -0.4 is 0 Å². The molecule has 0 saturated heterocycles. The smallest absolute Gasteiger partial charge is 0.276 e. The Morgan fingerprint density at radius 2 is 1.77 bits per heavy atom. The Labute approximate surface area is 147 Å². The second-order valence-electron chi connectivity index (χ2n) is 5.55. The van der Waals surface area contributed by atoms with Gasteiger partial charge in [-0.15, -0.1) is 10.2 Å². The summed E-state index contributed by atoms with van der Waals surface area (Å²) in [6.07, 6.45) is 0.0403. The van der Waals surface area contributed by atoms with Crippen molar-refractivity contribution in [2.45, 2.75) is 6.42 Å². The molecule has 3 aromatic carbocycles. The predicted octanol–water partition coefficient (Wildman–Crippen LogP) is 4.11. The molecule has 8 nitrogen and oxygen atoms in total. The van der Waals surface area contributed by atoms with Crippen LogP contribution in [0.1, 0.15) is 5.56 Å². The van der Waals surface area contributed by atoms with Gasteiger partial charge in [-0.3, -0.25) is 10.1 Å². The van der Waals surface area contributed by atoms with E-state index in [2.05, 4.69) is 10.2 Å². The first-order chi connectivity index (χ1) is 12.5. The molecule has 0 aliphatic heterocycles. The third-order valence-corrected chi connectivity index (χ3v) is 3.89. The third kappa shape index (κ3) is 3.31. The van der Waals surface area contributed by atoms with Crippen LogP contribution in [0.15, 0.2) is 58.8 Å². The van der Waals surface area contributed by atoms with E-state index in [0.29, 0.717) is 5.39 Å². The first-order valence-electron chi connectivity index (χ1n) is 7.75. The number of rotatable bonds is 5. The van der Waals surface area contributed by atoms with Gasteiger partial charge in [0.15, 0.2) is 0 Å². The maximum Gasteiger partial charge on any atom is 0.276 e. The van der Waals surface area contributed by atoms with Gasteiger partial charge in [-0.05, 0) is 17.5 Å². The van der Waals surface area contributed by atoms with Gasteiger partial charge < -0.3 is 15.3 Å². The van der Waals surface area contributed by atoms with Crippen LogP contribution in [-0.2, 0) is 6.42 Å². The minimum absolute atomic E-state index is 0.00591. The second-order valence-corrected chi connectivity index (χ2v) is 5.55. The van der Waals surface area contributed by atoms with Gasteiger partial charge in [0.1, 0.15) is 22.9 Å². The van der Waals surface area contributed by atoms with Crippen LogP contribution >= 0.6 is 0 Å². The fourth-order valence-electron chi connectivity index (χ4n) is 2.63. The molecule has 0 fully saturated rings. The minimum Gasteiger partial charge on any atom is -0.506 e. The monoisotopic (exact) mass is 353 g/mol. The van der Waals surface area contributed by atoms with Gasteiger partial charge in [0, 0.05) is 24.0 Å². The molecule has 0 aromatic heterocycles. The van der Waals surface area contributed by atoms with E-state index in [0.717, 1.165) is 11.5 Å². The van der Waals surface area contributed by atoms with Crippen LogP contribution in [0.2, 0.25) is 0 Å². The summed E-state index contributed by atoms with van der Waals surface area (Å²) in [4.78, 5) is 10.4. The molecule has 3 rings (SSSR count). The summed E-state index contributed by atoms with van der Waals surface area (Å²) in [5.41, 5.74) is 0.158. The number of nitro groups is 1. The molecule has 0 aliphatic rings. The largest absolute Gasteiger partial charge is 0.506 e. The van der Waals surface area contributed by atoms with Crippen molar-refractivity contribution in [2.75, 3.05) is 6.61 Å². The van der Waals surface area contributed by atoms with Crippen molar-refractivity contribution in [3.05, 3.63) is 64.2 Å². The summed E-state index contributed by atoms with van der Waals surface area (Å²) >= 11 is 0. The number of nitrogens with zero attached hydrogens (tertiary/aromatic N) is 3. The first-order valence-corrected chi connectivity index (χ1v) is 7.75. The highest BCUT2D eigenvalue weighted by atomic mass is 16.6. The van der Waals surface area contributed by atoms with E-state index < -0.39 is 10.7 Å². The average Bonchev–Trinajstić information content (AvgIpc) is 2.63. The molecule has 0 unspecified atom stereocenters. The molecule has 0 amide bonds. The molecule has 0 saturated carbocycles. The van der Waals surface area contributed by atoms with E-state index in [-0.39, 0.29) is 41.4 Å². The van der Waals surface area contributed by atoms with Crippen LogP contribution in [0, 0.1) is 10.1 Å². The number of benzene rings is 3. The highest BCUT2D eigenvalue weighted by molar-refractivity contribution is 5.95. The van der Waals surface area contributed by atoms with Crippen LogP contribution in [0.4, 0.5) is 17.1 Å². The van der Waals surface area contributed by atoms with E-state index in [1.165, 1.54) is 12.1 Å².